The summed E-state index contributed by atoms with van der Waals surface area (Å²) in [6, 6.07) is 15.4. The summed E-state index contributed by atoms with van der Waals surface area (Å²) in [4.78, 5) is 24.5. The lowest BCUT2D eigenvalue weighted by Crippen LogP contribution is -2.25. The van der Waals surface area contributed by atoms with Crippen molar-refractivity contribution in [2.75, 3.05) is 13.7 Å². The van der Waals surface area contributed by atoms with Gasteiger partial charge in [0, 0.05) is 0 Å². The number of hydrazone groups is 1. The molecule has 3 rings (SSSR count). The molecule has 0 fully saturated rings. The third-order valence-electron chi connectivity index (χ3n) is 5.11. The molecule has 176 valence electrons. The van der Waals surface area contributed by atoms with Crippen LogP contribution in [0.3, 0.4) is 0 Å². The molecule has 0 bridgehead atoms. The first kappa shape index (κ1) is 24.8. The smallest absolute Gasteiger partial charge is 0.345 e. The van der Waals surface area contributed by atoms with Crippen molar-refractivity contribution in [2.24, 2.45) is 5.10 Å². The van der Waals surface area contributed by atoms with Crippen LogP contribution in [0.5, 0.6) is 17.2 Å². The molecule has 7 nitrogen and oxygen atoms in total. The highest BCUT2D eigenvalue weighted by molar-refractivity contribution is 6.33. The number of carbonyl (C=O) groups excluding carboxylic acids is 2. The van der Waals surface area contributed by atoms with Crippen molar-refractivity contribution >= 4 is 29.7 Å². The maximum Gasteiger partial charge on any atom is 0.345 e. The summed E-state index contributed by atoms with van der Waals surface area (Å²) in [6.45, 7) is 5.71. The Bertz CT molecular complexity index is 1240. The van der Waals surface area contributed by atoms with Gasteiger partial charge in [0.2, 0.25) is 0 Å². The van der Waals surface area contributed by atoms with E-state index in [1.54, 1.807) is 42.5 Å². The molecule has 0 atom stereocenters. The number of hydrogen-bond acceptors (Lipinski definition) is 6. The summed E-state index contributed by atoms with van der Waals surface area (Å²) in [6.07, 6.45) is 1.45. The highest BCUT2D eigenvalue weighted by Crippen LogP contribution is 2.29. The molecule has 34 heavy (non-hydrogen) atoms. The molecule has 0 saturated carbocycles. The summed E-state index contributed by atoms with van der Waals surface area (Å²) in [5.74, 6) is 0.256. The van der Waals surface area contributed by atoms with Crippen LogP contribution in [0.15, 0.2) is 59.7 Å². The Kier molecular flexibility index (Phi) is 8.27. The van der Waals surface area contributed by atoms with Gasteiger partial charge in [0.25, 0.3) is 5.91 Å². The molecule has 1 amide bonds. The fraction of sp³-hybridized carbons (Fsp3) is 0.192. The number of rotatable bonds is 8. The van der Waals surface area contributed by atoms with E-state index < -0.39 is 11.9 Å². The topological polar surface area (TPSA) is 86.2 Å². The number of methoxy groups -OCH3 is 1. The van der Waals surface area contributed by atoms with Crippen LogP contribution in [-0.4, -0.2) is 31.8 Å². The van der Waals surface area contributed by atoms with Crippen molar-refractivity contribution in [1.82, 2.24) is 5.43 Å². The van der Waals surface area contributed by atoms with Gasteiger partial charge in [-0.15, -0.1) is 0 Å². The van der Waals surface area contributed by atoms with Crippen LogP contribution in [0.25, 0.3) is 0 Å². The van der Waals surface area contributed by atoms with Crippen molar-refractivity contribution in [1.29, 1.82) is 0 Å². The first-order valence-electron chi connectivity index (χ1n) is 10.5. The number of amides is 1. The van der Waals surface area contributed by atoms with Gasteiger partial charge in [-0.05, 0) is 73.4 Å². The van der Waals surface area contributed by atoms with Gasteiger partial charge in [0.15, 0.2) is 18.1 Å². The number of benzene rings is 3. The van der Waals surface area contributed by atoms with Crippen molar-refractivity contribution in [3.05, 3.63) is 87.4 Å². The average Bonchev–Trinajstić information content (AvgIpc) is 2.82. The molecule has 1 N–H and O–H groups in total. The van der Waals surface area contributed by atoms with E-state index >= 15 is 0 Å². The van der Waals surface area contributed by atoms with Crippen LogP contribution in [-0.2, 0) is 4.79 Å². The summed E-state index contributed by atoms with van der Waals surface area (Å²) in [7, 11) is 1.46. The zero-order valence-corrected chi connectivity index (χ0v) is 20.1. The van der Waals surface area contributed by atoms with Crippen LogP contribution < -0.4 is 19.6 Å². The average molecular weight is 481 g/mol. The molecule has 0 spiro atoms. The van der Waals surface area contributed by atoms with Gasteiger partial charge in [0.05, 0.1) is 23.9 Å². The predicted octanol–water partition coefficient (Wildman–Crippen LogP) is 5.02. The second kappa shape index (κ2) is 11.3. The standard InChI is InChI=1S/C26H25ClN2O5/c1-16-9-10-17(2)25(18(16)3)33-15-24(30)29-28-14-19-11-12-22(23(13-19)32-4)34-26(31)20-7-5-6-8-21(20)27/h5-14H,15H2,1-4H3,(H,29,30)/b28-14-. The maximum absolute atomic E-state index is 12.4. The summed E-state index contributed by atoms with van der Waals surface area (Å²) in [5.41, 5.74) is 6.36. The summed E-state index contributed by atoms with van der Waals surface area (Å²) >= 11 is 6.05. The van der Waals surface area contributed by atoms with Crippen LogP contribution in [0.1, 0.15) is 32.6 Å². The zero-order valence-electron chi connectivity index (χ0n) is 19.3. The normalized spacial score (nSPS) is 10.7. The summed E-state index contributed by atoms with van der Waals surface area (Å²) in [5, 5.41) is 4.25. The van der Waals surface area contributed by atoms with Crippen LogP contribution in [0.4, 0.5) is 0 Å². The second-order valence-corrected chi connectivity index (χ2v) is 7.92. The maximum atomic E-state index is 12.4. The molecule has 0 saturated heterocycles. The van der Waals surface area contributed by atoms with E-state index in [4.69, 9.17) is 25.8 Å². The molecule has 0 aromatic heterocycles. The van der Waals surface area contributed by atoms with Crippen LogP contribution in [0, 0.1) is 20.8 Å². The number of hydrogen-bond donors (Lipinski definition) is 1. The quantitative estimate of drug-likeness (QED) is 0.212. The number of halogens is 1. The first-order chi connectivity index (χ1) is 16.3. The lowest BCUT2D eigenvalue weighted by molar-refractivity contribution is -0.123. The SMILES string of the molecule is COc1cc(/C=N\NC(=O)COc2c(C)ccc(C)c2C)ccc1OC(=O)c1ccccc1Cl. The molecule has 0 unspecified atom stereocenters. The van der Waals surface area contributed by atoms with Crippen molar-refractivity contribution in [2.45, 2.75) is 20.8 Å². The fourth-order valence-corrected chi connectivity index (χ4v) is 3.34. The molecule has 3 aromatic carbocycles. The number of ether oxygens (including phenoxy) is 3. The Labute approximate surface area is 203 Å². The van der Waals surface area contributed by atoms with Crippen LogP contribution in [0.2, 0.25) is 5.02 Å². The number of carbonyl (C=O) groups is 2. The largest absolute Gasteiger partial charge is 0.493 e. The number of aryl methyl sites for hydroxylation is 2. The Morgan fingerprint density at radius 1 is 1.00 bits per heavy atom. The minimum atomic E-state index is -0.600. The minimum Gasteiger partial charge on any atom is -0.493 e. The zero-order chi connectivity index (χ0) is 24.7. The van der Waals surface area contributed by atoms with Crippen molar-refractivity contribution < 1.29 is 23.8 Å². The molecule has 3 aromatic rings. The second-order valence-electron chi connectivity index (χ2n) is 7.51. The lowest BCUT2D eigenvalue weighted by atomic mass is 10.1. The lowest BCUT2D eigenvalue weighted by Gasteiger charge is -2.13. The predicted molar refractivity (Wildman–Crippen MR) is 131 cm³/mol. The van der Waals surface area contributed by atoms with Gasteiger partial charge in [-0.3, -0.25) is 4.79 Å². The Morgan fingerprint density at radius 3 is 2.47 bits per heavy atom. The molecular weight excluding hydrogens is 456 g/mol. The number of esters is 1. The highest BCUT2D eigenvalue weighted by Gasteiger charge is 2.15. The van der Waals surface area contributed by atoms with E-state index in [9.17, 15) is 9.59 Å². The van der Waals surface area contributed by atoms with Crippen molar-refractivity contribution in [3.63, 3.8) is 0 Å². The third-order valence-corrected chi connectivity index (χ3v) is 5.44. The Balaban J connectivity index is 1.60. The highest BCUT2D eigenvalue weighted by atomic mass is 35.5. The Morgan fingerprint density at radius 2 is 1.74 bits per heavy atom. The van der Waals surface area contributed by atoms with E-state index in [2.05, 4.69) is 10.5 Å². The van der Waals surface area contributed by atoms with Gasteiger partial charge < -0.3 is 14.2 Å². The molecule has 8 heteroatoms. The van der Waals surface area contributed by atoms with Crippen molar-refractivity contribution in [3.8, 4) is 17.2 Å². The minimum absolute atomic E-state index is 0.164. The monoisotopic (exact) mass is 480 g/mol. The van der Waals surface area contributed by atoms with E-state index in [1.807, 2.05) is 32.9 Å². The summed E-state index contributed by atoms with van der Waals surface area (Å²) < 4.78 is 16.4. The van der Waals surface area contributed by atoms with Gasteiger partial charge in [-0.25, -0.2) is 10.2 Å². The molecule has 0 aliphatic carbocycles. The van der Waals surface area contributed by atoms with Gasteiger partial charge in [0.1, 0.15) is 5.75 Å². The van der Waals surface area contributed by atoms with E-state index in [-0.39, 0.29) is 17.9 Å². The van der Waals surface area contributed by atoms with E-state index in [0.29, 0.717) is 22.1 Å². The van der Waals surface area contributed by atoms with Crippen LogP contribution >= 0.6 is 11.6 Å². The first-order valence-corrected chi connectivity index (χ1v) is 10.8. The van der Waals surface area contributed by atoms with E-state index in [0.717, 1.165) is 16.7 Å². The third kappa shape index (κ3) is 6.14. The fourth-order valence-electron chi connectivity index (χ4n) is 3.13. The molecule has 0 aliphatic heterocycles. The number of nitrogens with zero attached hydrogens (tertiary/aromatic N) is 1. The van der Waals surface area contributed by atoms with Gasteiger partial charge in [-0.2, -0.15) is 5.10 Å². The van der Waals surface area contributed by atoms with Gasteiger partial charge in [-0.1, -0.05) is 35.9 Å². The van der Waals surface area contributed by atoms with Gasteiger partial charge >= 0.3 is 5.97 Å². The molecule has 0 radical (unpaired) electrons. The Hall–Kier alpha value is -3.84. The molecule has 0 aliphatic rings. The van der Waals surface area contributed by atoms with E-state index in [1.165, 1.54) is 13.3 Å². The number of nitrogens with one attached hydrogen (secondary N) is 1. The molecular formula is C26H25ClN2O5. The molecule has 0 heterocycles.